The number of carbonyl (C=O) groups excluding carboxylic acids is 1. The van der Waals surface area contributed by atoms with Gasteiger partial charge in [-0.3, -0.25) is 4.79 Å². The second-order valence-corrected chi connectivity index (χ2v) is 7.25. The Morgan fingerprint density at radius 2 is 2.35 bits per heavy atom. The van der Waals surface area contributed by atoms with Crippen LogP contribution in [0.15, 0.2) is 23.4 Å². The summed E-state index contributed by atoms with van der Waals surface area (Å²) < 4.78 is 22.2. The van der Waals surface area contributed by atoms with E-state index in [-0.39, 0.29) is 17.6 Å². The lowest BCUT2D eigenvalue weighted by atomic mass is 10.2. The molecule has 1 unspecified atom stereocenters. The molecule has 0 bridgehead atoms. The topological polar surface area (TPSA) is 93.4 Å². The van der Waals surface area contributed by atoms with E-state index in [2.05, 4.69) is 4.98 Å². The Hall–Kier alpha value is -1.12. The molecule has 0 aliphatic carbocycles. The first-order chi connectivity index (χ1) is 9.40. The first kappa shape index (κ1) is 15.3. The van der Waals surface area contributed by atoms with Crippen molar-refractivity contribution in [2.45, 2.75) is 11.4 Å². The average molecular weight is 315 g/mol. The van der Waals surface area contributed by atoms with E-state index < -0.39 is 10.0 Å². The number of rotatable bonds is 4. The van der Waals surface area contributed by atoms with Crippen molar-refractivity contribution in [1.29, 1.82) is 0 Å². The summed E-state index contributed by atoms with van der Waals surface area (Å²) in [6.07, 6.45) is 4.18. The molecule has 1 saturated heterocycles. The van der Waals surface area contributed by atoms with Gasteiger partial charge in [0.2, 0.25) is 10.0 Å². The molecule has 8 heteroatoms. The molecule has 1 fully saturated rings. The van der Waals surface area contributed by atoms with Gasteiger partial charge in [0.15, 0.2) is 0 Å². The number of sulfonamides is 1. The van der Waals surface area contributed by atoms with E-state index in [9.17, 15) is 13.2 Å². The largest absolute Gasteiger partial charge is 0.338 e. The number of thioether (sulfide) groups is 1. The molecule has 0 aromatic carbocycles. The van der Waals surface area contributed by atoms with Gasteiger partial charge in [0.25, 0.3) is 5.91 Å². The van der Waals surface area contributed by atoms with Crippen molar-refractivity contribution in [2.24, 2.45) is 11.1 Å². The van der Waals surface area contributed by atoms with Gasteiger partial charge >= 0.3 is 0 Å². The summed E-state index contributed by atoms with van der Waals surface area (Å²) >= 11 is 1.42. The molecule has 0 saturated carbocycles. The highest BCUT2D eigenvalue weighted by Crippen LogP contribution is 2.23. The van der Waals surface area contributed by atoms with Gasteiger partial charge in [-0.15, -0.1) is 11.8 Å². The van der Waals surface area contributed by atoms with Gasteiger partial charge in [0, 0.05) is 19.3 Å². The van der Waals surface area contributed by atoms with Crippen molar-refractivity contribution < 1.29 is 13.2 Å². The molecule has 1 aliphatic heterocycles. The maximum atomic E-state index is 12.4. The SMILES string of the molecule is CSc1ncccc1C(=O)N1CCC(CS(N)(=O)=O)C1. The molecular weight excluding hydrogens is 298 g/mol. The maximum absolute atomic E-state index is 12.4. The van der Waals surface area contributed by atoms with Crippen molar-refractivity contribution in [3.05, 3.63) is 23.9 Å². The minimum absolute atomic E-state index is 0.0702. The molecule has 1 aliphatic rings. The molecule has 2 rings (SSSR count). The third-order valence-corrected chi connectivity index (χ3v) is 4.88. The van der Waals surface area contributed by atoms with Crippen LogP contribution < -0.4 is 5.14 Å². The molecule has 6 nitrogen and oxygen atoms in total. The molecular formula is C12H17N3O3S2. The minimum atomic E-state index is -3.49. The molecule has 0 spiro atoms. The number of hydrogen-bond donors (Lipinski definition) is 1. The lowest BCUT2D eigenvalue weighted by molar-refractivity contribution is 0.0784. The molecule has 1 amide bonds. The third-order valence-electron chi connectivity index (χ3n) is 3.24. The van der Waals surface area contributed by atoms with E-state index in [0.29, 0.717) is 30.1 Å². The number of aromatic nitrogens is 1. The van der Waals surface area contributed by atoms with Crippen molar-refractivity contribution in [3.63, 3.8) is 0 Å². The summed E-state index contributed by atoms with van der Waals surface area (Å²) in [6, 6.07) is 3.47. The van der Waals surface area contributed by atoms with Crippen LogP contribution in [0.5, 0.6) is 0 Å². The van der Waals surface area contributed by atoms with E-state index in [1.54, 1.807) is 23.2 Å². The number of pyridine rings is 1. The molecule has 1 atom stereocenters. The zero-order valence-electron chi connectivity index (χ0n) is 11.2. The van der Waals surface area contributed by atoms with Crippen LogP contribution in [0, 0.1) is 5.92 Å². The van der Waals surface area contributed by atoms with Gasteiger partial charge in [-0.1, -0.05) is 0 Å². The summed E-state index contributed by atoms with van der Waals surface area (Å²) in [5, 5.41) is 5.74. The Morgan fingerprint density at radius 3 is 3.00 bits per heavy atom. The quantitative estimate of drug-likeness (QED) is 0.819. The van der Waals surface area contributed by atoms with E-state index in [4.69, 9.17) is 5.14 Å². The lowest BCUT2D eigenvalue weighted by Gasteiger charge is -2.17. The number of carbonyl (C=O) groups is 1. The molecule has 2 heterocycles. The van der Waals surface area contributed by atoms with Crippen molar-refractivity contribution in [1.82, 2.24) is 9.88 Å². The van der Waals surface area contributed by atoms with Gasteiger partial charge in [0.05, 0.1) is 11.3 Å². The molecule has 1 aromatic rings. The van der Waals surface area contributed by atoms with Crippen molar-refractivity contribution in [3.8, 4) is 0 Å². The third kappa shape index (κ3) is 3.71. The van der Waals surface area contributed by atoms with Crippen LogP contribution in [0.1, 0.15) is 16.8 Å². The molecule has 20 heavy (non-hydrogen) atoms. The summed E-state index contributed by atoms with van der Waals surface area (Å²) in [7, 11) is -3.49. The van der Waals surface area contributed by atoms with Crippen LogP contribution in [0.2, 0.25) is 0 Å². The van der Waals surface area contributed by atoms with Crippen LogP contribution in [0.4, 0.5) is 0 Å². The number of nitrogens with zero attached hydrogens (tertiary/aromatic N) is 2. The maximum Gasteiger partial charge on any atom is 0.256 e. The van der Waals surface area contributed by atoms with Crippen LogP contribution in [0.25, 0.3) is 0 Å². The van der Waals surface area contributed by atoms with Crippen LogP contribution in [0.3, 0.4) is 0 Å². The van der Waals surface area contributed by atoms with Gasteiger partial charge in [-0.05, 0) is 30.7 Å². The second kappa shape index (κ2) is 6.11. The average Bonchev–Trinajstić information content (AvgIpc) is 2.84. The molecule has 110 valence electrons. The smallest absolute Gasteiger partial charge is 0.256 e. The predicted octanol–water partition coefficient (Wildman–Crippen LogP) is 0.554. The van der Waals surface area contributed by atoms with Crippen LogP contribution in [-0.4, -0.2) is 49.3 Å². The Morgan fingerprint density at radius 1 is 1.60 bits per heavy atom. The van der Waals surface area contributed by atoms with Gasteiger partial charge in [-0.25, -0.2) is 18.5 Å². The number of amides is 1. The first-order valence-electron chi connectivity index (χ1n) is 6.19. The Kier molecular flexibility index (Phi) is 4.66. The fourth-order valence-corrected chi connectivity index (χ4v) is 3.84. The fourth-order valence-electron chi connectivity index (χ4n) is 2.37. The van der Waals surface area contributed by atoms with E-state index in [0.717, 1.165) is 0 Å². The molecule has 2 N–H and O–H groups in total. The van der Waals surface area contributed by atoms with Crippen molar-refractivity contribution in [2.75, 3.05) is 25.1 Å². The summed E-state index contributed by atoms with van der Waals surface area (Å²) in [6.45, 7) is 0.986. The predicted molar refractivity (Wildman–Crippen MR) is 78.0 cm³/mol. The summed E-state index contributed by atoms with van der Waals surface area (Å²) in [5.74, 6) is -0.248. The Bertz CT molecular complexity index is 604. The van der Waals surface area contributed by atoms with E-state index in [1.807, 2.05) is 6.26 Å². The number of primary sulfonamides is 1. The van der Waals surface area contributed by atoms with E-state index >= 15 is 0 Å². The van der Waals surface area contributed by atoms with E-state index in [1.165, 1.54) is 11.8 Å². The van der Waals surface area contributed by atoms with Crippen LogP contribution >= 0.6 is 11.8 Å². The molecule has 0 radical (unpaired) electrons. The highest BCUT2D eigenvalue weighted by molar-refractivity contribution is 7.98. The summed E-state index contributed by atoms with van der Waals surface area (Å²) in [5.41, 5.74) is 0.566. The highest BCUT2D eigenvalue weighted by atomic mass is 32.2. The summed E-state index contributed by atoms with van der Waals surface area (Å²) in [4.78, 5) is 18.3. The highest BCUT2D eigenvalue weighted by Gasteiger charge is 2.30. The van der Waals surface area contributed by atoms with Gasteiger partial charge in [0.1, 0.15) is 5.03 Å². The van der Waals surface area contributed by atoms with Crippen LogP contribution in [-0.2, 0) is 10.0 Å². The standard InChI is InChI=1S/C12H17N3O3S2/c1-19-11-10(3-2-5-14-11)12(16)15-6-4-9(7-15)8-20(13,17)18/h2-3,5,9H,4,6-8H2,1H3,(H2,13,17,18). The number of nitrogens with two attached hydrogens (primary N) is 1. The van der Waals surface area contributed by atoms with Gasteiger partial charge in [-0.2, -0.15) is 0 Å². The Labute approximate surface area is 122 Å². The lowest BCUT2D eigenvalue weighted by Crippen LogP contribution is -2.31. The monoisotopic (exact) mass is 315 g/mol. The molecule has 1 aromatic heterocycles. The zero-order valence-corrected chi connectivity index (χ0v) is 12.8. The minimum Gasteiger partial charge on any atom is -0.338 e. The van der Waals surface area contributed by atoms with Gasteiger partial charge < -0.3 is 4.90 Å². The second-order valence-electron chi connectivity index (χ2n) is 4.80. The fraction of sp³-hybridized carbons (Fsp3) is 0.500. The van der Waals surface area contributed by atoms with Crippen molar-refractivity contribution >= 4 is 27.7 Å². The number of hydrogen-bond acceptors (Lipinski definition) is 5. The zero-order chi connectivity index (χ0) is 14.8. The Balaban J connectivity index is 2.08. The normalized spacial score (nSPS) is 19.3. The number of likely N-dealkylation sites (tertiary alicyclic amines) is 1. The first-order valence-corrected chi connectivity index (χ1v) is 9.13.